The van der Waals surface area contributed by atoms with Crippen LogP contribution < -0.4 is 10.6 Å². The summed E-state index contributed by atoms with van der Waals surface area (Å²) in [5.41, 5.74) is 2.22. The van der Waals surface area contributed by atoms with Crippen LogP contribution in [0.25, 0.3) is 32.8 Å². The third kappa shape index (κ3) is 10.6. The molecule has 0 saturated carbocycles. The first-order valence-electron chi connectivity index (χ1n) is 19.3. The van der Waals surface area contributed by atoms with Gasteiger partial charge in [-0.1, -0.05) is 77.3 Å². The summed E-state index contributed by atoms with van der Waals surface area (Å²) in [5, 5.41) is 36.6. The number of nitrogens with one attached hydrogen (secondary N) is 3. The number of hydrogen-bond acceptors (Lipinski definition) is 19. The highest BCUT2D eigenvalue weighted by Crippen LogP contribution is 2.43. The lowest BCUT2D eigenvalue weighted by atomic mass is 10.1. The number of fused-ring (bicyclic) bond motifs is 2. The molecule has 0 spiro atoms. The Balaban J connectivity index is 1.23. The first kappa shape index (κ1) is 47.1. The molecule has 0 atom stereocenters. The minimum absolute atomic E-state index is 0.000786. The van der Waals surface area contributed by atoms with E-state index in [1.54, 1.807) is 19.1 Å². The molecule has 20 nitrogen and oxygen atoms in total. The molecule has 2 heterocycles. The quantitative estimate of drug-likeness (QED) is 0.0335. The van der Waals surface area contributed by atoms with Gasteiger partial charge >= 0.3 is 0 Å². The molecule has 8 rings (SSSR count). The van der Waals surface area contributed by atoms with Gasteiger partial charge in [0.05, 0.1) is 21.0 Å². The van der Waals surface area contributed by atoms with E-state index in [-0.39, 0.29) is 76.6 Å². The average molecular weight is 1010 g/mol. The Bertz CT molecular complexity index is 3870. The third-order valence-electron chi connectivity index (χ3n) is 10.0. The molecular formula is C43H31N10O10S5-. The molecule has 0 radical (unpaired) electrons. The number of benzene rings is 6. The van der Waals surface area contributed by atoms with Gasteiger partial charge in [0.1, 0.15) is 22.3 Å². The molecule has 0 saturated heterocycles. The Kier molecular flexibility index (Phi) is 13.0. The van der Waals surface area contributed by atoms with Gasteiger partial charge in [0.15, 0.2) is 16.6 Å². The fraction of sp³-hybridized carbons (Fsp3) is 0.0465. The number of azo groups is 2. The summed E-state index contributed by atoms with van der Waals surface area (Å²) < 4.78 is 120. The average Bonchev–Trinajstić information content (AvgIpc) is 3.70. The van der Waals surface area contributed by atoms with Crippen LogP contribution >= 0.6 is 11.3 Å². The zero-order chi connectivity index (χ0) is 48.5. The second-order valence-electron chi connectivity index (χ2n) is 14.6. The maximum atomic E-state index is 12.6. The van der Waals surface area contributed by atoms with Crippen LogP contribution in [0.15, 0.2) is 156 Å². The van der Waals surface area contributed by atoms with Crippen molar-refractivity contribution in [3.8, 4) is 17.3 Å². The zero-order valence-corrected chi connectivity index (χ0v) is 38.7. The van der Waals surface area contributed by atoms with Crippen molar-refractivity contribution < 1.29 is 43.1 Å². The van der Waals surface area contributed by atoms with Crippen LogP contribution in [-0.2, 0) is 50.9 Å². The Morgan fingerprint density at radius 2 is 1.31 bits per heavy atom. The van der Waals surface area contributed by atoms with Crippen molar-refractivity contribution in [3.63, 3.8) is 0 Å². The number of pyridine rings is 1. The number of nitriles is 1. The van der Waals surface area contributed by atoms with Crippen LogP contribution in [0.2, 0.25) is 0 Å². The Labute approximate surface area is 393 Å². The molecule has 0 aliphatic heterocycles. The summed E-state index contributed by atoms with van der Waals surface area (Å²) >= 11 is 0.951. The molecular weight excluding hydrogens is 977 g/mol. The Morgan fingerprint density at radius 3 is 1.91 bits per heavy atom. The van der Waals surface area contributed by atoms with Gasteiger partial charge < -0.3 is 19.6 Å². The fourth-order valence-corrected chi connectivity index (χ4v) is 9.73. The first-order valence-corrected chi connectivity index (χ1v) is 25.8. The summed E-state index contributed by atoms with van der Waals surface area (Å²) in [6, 6.07) is 32.5. The van der Waals surface area contributed by atoms with Gasteiger partial charge in [0.2, 0.25) is 5.13 Å². The van der Waals surface area contributed by atoms with Crippen molar-refractivity contribution in [2.45, 2.75) is 27.4 Å². The van der Waals surface area contributed by atoms with E-state index < -0.39 is 45.8 Å². The molecule has 0 bridgehead atoms. The number of aromatic nitrogens is 2. The maximum Gasteiger partial charge on any atom is 0.295 e. The molecule has 0 amide bonds. The van der Waals surface area contributed by atoms with Crippen molar-refractivity contribution in [2.75, 3.05) is 10.6 Å². The van der Waals surface area contributed by atoms with Gasteiger partial charge in [-0.05, 0) is 89.8 Å². The molecule has 6 N–H and O–H groups in total. The van der Waals surface area contributed by atoms with E-state index >= 15 is 0 Å². The molecule has 0 unspecified atom stereocenters. The topological polar surface area (TPSA) is 327 Å². The number of anilines is 4. The van der Waals surface area contributed by atoms with Gasteiger partial charge in [0.25, 0.3) is 30.4 Å². The largest absolute Gasteiger partial charge is 0.444 e. The second-order valence-corrected chi connectivity index (χ2v) is 20.8. The number of thiazole rings is 1. The lowest BCUT2D eigenvalue weighted by Gasteiger charge is -2.16. The van der Waals surface area contributed by atoms with Crippen LogP contribution in [0.3, 0.4) is 0 Å². The zero-order valence-electron chi connectivity index (χ0n) is 34.6. The molecule has 6 aromatic carbocycles. The minimum Gasteiger partial charge on any atom is -0.444 e. The lowest BCUT2D eigenvalue weighted by molar-refractivity contribution is 0.481. The Morgan fingerprint density at radius 1 is 0.691 bits per heavy atom. The van der Waals surface area contributed by atoms with Gasteiger partial charge in [-0.25, -0.2) is 9.97 Å². The van der Waals surface area contributed by atoms with Crippen LogP contribution in [0.5, 0.6) is 0 Å². The summed E-state index contributed by atoms with van der Waals surface area (Å²) in [6.07, 6.45) is 0. The van der Waals surface area contributed by atoms with E-state index in [0.717, 1.165) is 52.4 Å². The maximum absolute atomic E-state index is 12.6. The predicted octanol–water partition coefficient (Wildman–Crippen LogP) is 11.0. The number of nitrogens with zero attached hydrogens (tertiary/aromatic N) is 7. The molecule has 0 aliphatic rings. The summed E-state index contributed by atoms with van der Waals surface area (Å²) in [4.78, 5) is 8.12. The first-order chi connectivity index (χ1) is 32.2. The monoisotopic (exact) mass is 1010 g/mol. The SMILES string of the molecule is Cc1c(C#N)c(Nc2ccc(S(=O)(=O)O)cc2)nc(Nc2ccc(S(=O)(=O)O)cc2)c1N=Nc1nc(-c2ccc3ccccc3c2)c(N=Nc2cc(S(=O)(=O)O)c3cc(C[S-](=N)=O)ccc3c2)s1. The van der Waals surface area contributed by atoms with Crippen molar-refractivity contribution in [1.82, 2.24) is 9.97 Å². The molecule has 8 aromatic rings. The normalized spacial score (nSPS) is 12.4. The van der Waals surface area contributed by atoms with E-state index in [1.165, 1.54) is 36.4 Å². The minimum atomic E-state index is -4.81. The summed E-state index contributed by atoms with van der Waals surface area (Å²) in [5.74, 6) is -0.168. The Hall–Kier alpha value is -7.41. The van der Waals surface area contributed by atoms with Crippen molar-refractivity contribution in [2.24, 2.45) is 20.5 Å². The van der Waals surface area contributed by atoms with Crippen molar-refractivity contribution >= 4 is 118 Å². The third-order valence-corrected chi connectivity index (χ3v) is 14.1. The van der Waals surface area contributed by atoms with Crippen LogP contribution in [0, 0.1) is 23.0 Å². The van der Waals surface area contributed by atoms with Gasteiger partial charge in [0, 0.05) is 27.9 Å². The standard InChI is InChI=1S/C43H31N10O10S5/c1-24-36(22-44)40(46-30-10-14-33(15-11-30)66(55,56)57)49-41(47-31-12-16-34(17-13-31)67(58,59)60)38(24)51-53-43-48-39(29-9-8-26-4-2-3-5-27(26)19-29)42(64-43)52-50-32-20-28-7-6-25(23-65(45)54)18-35(28)37(21-32)68(61,62)63/h2-21,45H,23H2,1H3,(H2,46,47,49)(H,55,56,57)(H,58,59,60)(H,61,62,63)/q-1. The van der Waals surface area contributed by atoms with Crippen LogP contribution in [0.4, 0.5) is 44.5 Å². The summed E-state index contributed by atoms with van der Waals surface area (Å²) in [6.45, 7) is 1.57. The van der Waals surface area contributed by atoms with E-state index in [2.05, 4.69) is 42.1 Å². The van der Waals surface area contributed by atoms with Crippen molar-refractivity contribution in [3.05, 3.63) is 138 Å². The molecule has 0 fully saturated rings. The van der Waals surface area contributed by atoms with Crippen LogP contribution in [-0.4, -0.2) is 48.9 Å². The van der Waals surface area contributed by atoms with E-state index in [1.807, 2.05) is 42.5 Å². The number of rotatable bonds is 14. The highest BCUT2D eigenvalue weighted by molar-refractivity contribution is 7.86. The molecule has 2 aromatic heterocycles. The molecule has 68 heavy (non-hydrogen) atoms. The highest BCUT2D eigenvalue weighted by atomic mass is 32.2. The lowest BCUT2D eigenvalue weighted by Crippen LogP contribution is -2.05. The molecule has 0 aliphatic carbocycles. The van der Waals surface area contributed by atoms with Gasteiger partial charge in [-0.2, -0.15) is 41.1 Å². The second kappa shape index (κ2) is 18.7. The molecule has 344 valence electrons. The van der Waals surface area contributed by atoms with Gasteiger partial charge in [-0.15, -0.1) is 20.5 Å². The molecule has 25 heteroatoms. The van der Waals surface area contributed by atoms with E-state index in [9.17, 15) is 48.4 Å². The van der Waals surface area contributed by atoms with Crippen LogP contribution in [0.1, 0.15) is 16.7 Å². The number of hydrogen-bond donors (Lipinski definition) is 6. The van der Waals surface area contributed by atoms with Gasteiger partial charge in [-0.3, -0.25) is 13.7 Å². The smallest absolute Gasteiger partial charge is 0.295 e. The fourth-order valence-electron chi connectivity index (χ4n) is 6.83. The van der Waals surface area contributed by atoms with Crippen molar-refractivity contribution in [1.29, 1.82) is 10.0 Å². The summed E-state index contributed by atoms with van der Waals surface area (Å²) in [7, 11) is -15.8. The predicted molar refractivity (Wildman–Crippen MR) is 254 cm³/mol. The van der Waals surface area contributed by atoms with E-state index in [4.69, 9.17) is 9.76 Å². The highest BCUT2D eigenvalue weighted by Gasteiger charge is 2.22. The van der Waals surface area contributed by atoms with E-state index in [0.29, 0.717) is 22.2 Å².